The highest BCUT2D eigenvalue weighted by Gasteiger charge is 2.31. The average molecular weight is 731 g/mol. The first-order valence-electron chi connectivity index (χ1n) is 16.2. The van der Waals surface area contributed by atoms with E-state index in [9.17, 15) is 32.3 Å². The molecule has 16 heteroatoms. The topological polar surface area (TPSA) is 158 Å². The molecule has 0 spiro atoms. The Morgan fingerprint density at radius 2 is 1.06 bits per heavy atom. The van der Waals surface area contributed by atoms with Gasteiger partial charge in [-0.3, -0.25) is 9.97 Å². The molecular weight excluding hydrogens is 696 g/mol. The van der Waals surface area contributed by atoms with Gasteiger partial charge in [0.2, 0.25) is 0 Å². The second-order valence-electron chi connectivity index (χ2n) is 12.5. The van der Waals surface area contributed by atoms with Gasteiger partial charge in [-0.2, -0.15) is 13.2 Å². The highest BCUT2D eigenvalue weighted by Crippen LogP contribution is 2.33. The maximum atomic E-state index is 13.2. The van der Waals surface area contributed by atoms with E-state index in [1.54, 1.807) is 24.1 Å². The molecule has 0 bridgehead atoms. The third-order valence-corrected chi connectivity index (χ3v) is 8.31. The van der Waals surface area contributed by atoms with Crippen LogP contribution in [0.15, 0.2) is 73.1 Å². The number of carboxylic acids is 2. The van der Waals surface area contributed by atoms with Crippen LogP contribution in [0.25, 0.3) is 44.8 Å². The number of carboxylic acid groups (broad SMARTS) is 2. The summed E-state index contributed by atoms with van der Waals surface area (Å²) < 4.78 is 51.7. The first-order valence-corrected chi connectivity index (χ1v) is 16.2. The monoisotopic (exact) mass is 730 g/mol. The van der Waals surface area contributed by atoms with Crippen molar-refractivity contribution in [2.45, 2.75) is 46.0 Å². The van der Waals surface area contributed by atoms with Crippen LogP contribution in [-0.2, 0) is 6.18 Å². The molecule has 0 atom stereocenters. The van der Waals surface area contributed by atoms with Gasteiger partial charge in [-0.1, -0.05) is 0 Å². The SMILES string of the molecule is CC(C)N(C)c1nc2cc(C(=O)O)ccc2nc1-c1ccc(C(F)(F)F)cn1.CC(C)N(C)c1nc2cc(C(=O)O)ccc2nc1-c1ccc(F)cn1. The Kier molecular flexibility index (Phi) is 10.8. The first kappa shape index (κ1) is 37.9. The summed E-state index contributed by atoms with van der Waals surface area (Å²) in [5.74, 6) is -1.58. The molecule has 0 saturated heterocycles. The summed E-state index contributed by atoms with van der Waals surface area (Å²) in [4.78, 5) is 52.4. The number of fused-ring (bicyclic) bond motifs is 2. The minimum atomic E-state index is -4.48. The van der Waals surface area contributed by atoms with Gasteiger partial charge in [0.05, 0.1) is 56.3 Å². The molecule has 12 nitrogen and oxygen atoms in total. The lowest BCUT2D eigenvalue weighted by atomic mass is 10.1. The standard InChI is InChI=1S/C19H17F3N4O2.C18H17FN4O2/c1-10(2)26(3)17-16(14-7-5-12(9-23-14)19(20,21)22)24-13-6-4-11(18(27)28)8-15(13)25-17;1-10(2)23(3)17-16(14-7-5-12(19)9-20-14)21-13-6-4-11(18(24)25)8-15(13)22-17/h4-10H,1-3H3,(H,27,28);4-10H,1-3H3,(H,24,25). The number of aromatic nitrogens is 6. The van der Waals surface area contributed by atoms with E-state index in [0.717, 1.165) is 18.5 Å². The predicted molar refractivity (Wildman–Crippen MR) is 191 cm³/mol. The molecule has 2 N–H and O–H groups in total. The van der Waals surface area contributed by atoms with Crippen molar-refractivity contribution in [3.05, 3.63) is 95.6 Å². The maximum Gasteiger partial charge on any atom is 0.417 e. The summed E-state index contributed by atoms with van der Waals surface area (Å²) in [5.41, 5.74) is 2.77. The Morgan fingerprint density at radius 3 is 1.40 bits per heavy atom. The van der Waals surface area contributed by atoms with Crippen LogP contribution in [0, 0.1) is 5.82 Å². The number of carbonyl (C=O) groups is 2. The lowest BCUT2D eigenvalue weighted by Crippen LogP contribution is -2.27. The maximum absolute atomic E-state index is 13.2. The van der Waals surface area contributed by atoms with Crippen LogP contribution in [0.4, 0.5) is 29.2 Å². The van der Waals surface area contributed by atoms with E-state index in [1.807, 2.05) is 39.6 Å². The van der Waals surface area contributed by atoms with Crippen molar-refractivity contribution in [3.8, 4) is 22.8 Å². The largest absolute Gasteiger partial charge is 0.478 e. The van der Waals surface area contributed by atoms with Gasteiger partial charge in [0, 0.05) is 32.4 Å². The number of benzene rings is 2. The molecular formula is C37H34F4N8O4. The third-order valence-electron chi connectivity index (χ3n) is 8.31. The van der Waals surface area contributed by atoms with Crippen molar-refractivity contribution in [3.63, 3.8) is 0 Å². The fourth-order valence-corrected chi connectivity index (χ4v) is 4.90. The van der Waals surface area contributed by atoms with E-state index < -0.39 is 29.5 Å². The zero-order chi connectivity index (χ0) is 38.8. The number of alkyl halides is 3. The highest BCUT2D eigenvalue weighted by atomic mass is 19.4. The van der Waals surface area contributed by atoms with Crippen molar-refractivity contribution >= 4 is 45.6 Å². The molecule has 0 radical (unpaired) electrons. The molecule has 0 saturated carbocycles. The molecule has 0 aliphatic heterocycles. The molecule has 2 aromatic carbocycles. The summed E-state index contributed by atoms with van der Waals surface area (Å²) in [7, 11) is 3.64. The number of pyridine rings is 2. The van der Waals surface area contributed by atoms with E-state index in [0.29, 0.717) is 50.8 Å². The van der Waals surface area contributed by atoms with Gasteiger partial charge < -0.3 is 20.0 Å². The Labute approximate surface area is 300 Å². The fraction of sp³-hybridized carbons (Fsp3) is 0.243. The molecule has 6 rings (SSSR count). The summed E-state index contributed by atoms with van der Waals surface area (Å²) in [5, 5.41) is 18.3. The molecule has 0 fully saturated rings. The van der Waals surface area contributed by atoms with Gasteiger partial charge in [0.1, 0.15) is 17.2 Å². The van der Waals surface area contributed by atoms with Gasteiger partial charge in [-0.25, -0.2) is 33.9 Å². The third kappa shape index (κ3) is 8.43. The average Bonchev–Trinajstić information content (AvgIpc) is 3.12. The summed E-state index contributed by atoms with van der Waals surface area (Å²) in [6.07, 6.45) is -2.59. The molecule has 4 aromatic heterocycles. The predicted octanol–water partition coefficient (Wildman–Crippen LogP) is 7.63. The zero-order valence-corrected chi connectivity index (χ0v) is 29.4. The molecule has 0 amide bonds. The van der Waals surface area contributed by atoms with Crippen LogP contribution in [0.3, 0.4) is 0 Å². The van der Waals surface area contributed by atoms with Crippen molar-refractivity contribution in [1.82, 2.24) is 29.9 Å². The molecule has 0 aliphatic carbocycles. The molecule has 4 heterocycles. The second-order valence-corrected chi connectivity index (χ2v) is 12.5. The highest BCUT2D eigenvalue weighted by molar-refractivity contribution is 5.94. The van der Waals surface area contributed by atoms with Gasteiger partial charge in [-0.15, -0.1) is 0 Å². The summed E-state index contributed by atoms with van der Waals surface area (Å²) in [6.45, 7) is 7.84. The minimum Gasteiger partial charge on any atom is -0.478 e. The number of hydrogen-bond donors (Lipinski definition) is 2. The fourth-order valence-electron chi connectivity index (χ4n) is 4.90. The number of rotatable bonds is 8. The molecule has 53 heavy (non-hydrogen) atoms. The van der Waals surface area contributed by atoms with E-state index >= 15 is 0 Å². The van der Waals surface area contributed by atoms with Crippen LogP contribution < -0.4 is 9.80 Å². The molecule has 6 aromatic rings. The summed E-state index contributed by atoms with van der Waals surface area (Å²) >= 11 is 0. The number of aromatic carboxylic acids is 2. The van der Waals surface area contributed by atoms with Gasteiger partial charge in [0.25, 0.3) is 0 Å². The van der Waals surface area contributed by atoms with Crippen LogP contribution in [0.5, 0.6) is 0 Å². The summed E-state index contributed by atoms with van der Waals surface area (Å²) in [6, 6.07) is 14.1. The lowest BCUT2D eigenvalue weighted by molar-refractivity contribution is -0.137. The Balaban J connectivity index is 0.000000206. The van der Waals surface area contributed by atoms with Gasteiger partial charge >= 0.3 is 18.1 Å². The zero-order valence-electron chi connectivity index (χ0n) is 29.4. The number of nitrogens with zero attached hydrogens (tertiary/aromatic N) is 8. The van der Waals surface area contributed by atoms with Crippen molar-refractivity contribution < 1.29 is 37.4 Å². The number of anilines is 2. The Hall–Kier alpha value is -6.32. The first-order chi connectivity index (χ1) is 24.9. The van der Waals surface area contributed by atoms with Crippen LogP contribution >= 0.6 is 0 Å². The van der Waals surface area contributed by atoms with Crippen LogP contribution in [0.1, 0.15) is 54.0 Å². The van der Waals surface area contributed by atoms with Gasteiger partial charge in [0.15, 0.2) is 11.6 Å². The Morgan fingerprint density at radius 1 is 0.623 bits per heavy atom. The van der Waals surface area contributed by atoms with E-state index in [1.165, 1.54) is 42.5 Å². The molecule has 0 aliphatic rings. The number of halogens is 4. The van der Waals surface area contributed by atoms with Crippen molar-refractivity contribution in [2.24, 2.45) is 0 Å². The van der Waals surface area contributed by atoms with Crippen molar-refractivity contribution in [2.75, 3.05) is 23.9 Å². The second kappa shape index (κ2) is 15.1. The normalized spacial score (nSPS) is 11.5. The van der Waals surface area contributed by atoms with Gasteiger partial charge in [-0.05, 0) is 88.4 Å². The van der Waals surface area contributed by atoms with Crippen molar-refractivity contribution in [1.29, 1.82) is 0 Å². The smallest absolute Gasteiger partial charge is 0.417 e. The lowest BCUT2D eigenvalue weighted by Gasteiger charge is -2.25. The number of hydrogen-bond acceptors (Lipinski definition) is 10. The van der Waals surface area contributed by atoms with Crippen LogP contribution in [0.2, 0.25) is 0 Å². The van der Waals surface area contributed by atoms with E-state index in [2.05, 4.69) is 29.9 Å². The molecule has 274 valence electrons. The quantitative estimate of drug-likeness (QED) is 0.148. The van der Waals surface area contributed by atoms with E-state index in [-0.39, 0.29) is 28.9 Å². The molecule has 0 unspecified atom stereocenters. The minimum absolute atomic E-state index is 0.0163. The van der Waals surface area contributed by atoms with Crippen LogP contribution in [-0.4, -0.2) is 78.2 Å². The van der Waals surface area contributed by atoms with E-state index in [4.69, 9.17) is 5.11 Å². The Bertz CT molecular complexity index is 2300.